The molecule has 0 fully saturated rings. The maximum atomic E-state index is 13.6. The molecular formula is C19H21F4N3O. The number of aromatic nitrogens is 2. The number of aromatic amines is 1. The van der Waals surface area contributed by atoms with E-state index >= 15 is 0 Å². The Hall–Kier alpha value is -2.22. The second-order valence-electron chi connectivity index (χ2n) is 7.90. The van der Waals surface area contributed by atoms with Gasteiger partial charge in [-0.05, 0) is 30.2 Å². The molecule has 2 aromatic rings. The fourth-order valence-corrected chi connectivity index (χ4v) is 3.15. The van der Waals surface area contributed by atoms with E-state index in [1.807, 2.05) is 25.7 Å². The molecule has 0 atom stereocenters. The van der Waals surface area contributed by atoms with Crippen molar-refractivity contribution in [2.24, 2.45) is 0 Å². The quantitative estimate of drug-likeness (QED) is 0.803. The molecule has 8 heteroatoms. The second-order valence-corrected chi connectivity index (χ2v) is 7.90. The highest BCUT2D eigenvalue weighted by Crippen LogP contribution is 2.31. The highest BCUT2D eigenvalue weighted by atomic mass is 19.4. The highest BCUT2D eigenvalue weighted by Gasteiger charge is 2.32. The van der Waals surface area contributed by atoms with Crippen molar-refractivity contribution in [2.75, 3.05) is 6.54 Å². The third-order valence-corrected chi connectivity index (χ3v) is 4.55. The van der Waals surface area contributed by atoms with Gasteiger partial charge >= 0.3 is 6.18 Å². The van der Waals surface area contributed by atoms with E-state index in [1.165, 1.54) is 0 Å². The number of benzene rings is 1. The van der Waals surface area contributed by atoms with E-state index in [-0.39, 0.29) is 23.1 Å². The molecule has 0 spiro atoms. The molecule has 27 heavy (non-hydrogen) atoms. The summed E-state index contributed by atoms with van der Waals surface area (Å²) in [5.41, 5.74) is -0.0293. The van der Waals surface area contributed by atoms with Gasteiger partial charge in [0.05, 0.1) is 11.3 Å². The van der Waals surface area contributed by atoms with Crippen molar-refractivity contribution in [2.45, 2.75) is 51.9 Å². The van der Waals surface area contributed by atoms with E-state index < -0.39 is 17.6 Å². The van der Waals surface area contributed by atoms with Gasteiger partial charge in [-0.1, -0.05) is 20.8 Å². The van der Waals surface area contributed by atoms with Crippen LogP contribution in [0.2, 0.25) is 0 Å². The minimum absolute atomic E-state index is 0.152. The van der Waals surface area contributed by atoms with Crippen LogP contribution in [0.25, 0.3) is 0 Å². The lowest BCUT2D eigenvalue weighted by atomic mass is 9.95. The molecule has 0 saturated carbocycles. The fraction of sp³-hybridized carbons (Fsp3) is 0.474. The Kier molecular flexibility index (Phi) is 4.88. The van der Waals surface area contributed by atoms with E-state index in [9.17, 15) is 22.4 Å². The normalized spacial score (nSPS) is 15.7. The second kappa shape index (κ2) is 6.74. The zero-order valence-electron chi connectivity index (χ0n) is 15.4. The number of halogens is 4. The zero-order valence-corrected chi connectivity index (χ0v) is 15.4. The molecule has 1 aliphatic rings. The fourth-order valence-electron chi connectivity index (χ4n) is 3.15. The summed E-state index contributed by atoms with van der Waals surface area (Å²) in [6.07, 6.45) is -4.15. The first-order valence-electron chi connectivity index (χ1n) is 8.65. The van der Waals surface area contributed by atoms with Crippen molar-refractivity contribution >= 4 is 0 Å². The van der Waals surface area contributed by atoms with Gasteiger partial charge in [-0.2, -0.15) is 13.2 Å². The van der Waals surface area contributed by atoms with E-state index in [0.717, 1.165) is 12.1 Å². The standard InChI is InChI=1S/C19H21F4N3O/c1-18(2,3)17-24-15-10-26(5-4-14(15)16(27)25-17)9-11-6-12(19(21,22)23)8-13(20)7-11/h6-8H,4-5,9-10H2,1-3H3,(H,24,25,27). The van der Waals surface area contributed by atoms with Gasteiger partial charge in [0.15, 0.2) is 0 Å². The first-order chi connectivity index (χ1) is 12.4. The summed E-state index contributed by atoms with van der Waals surface area (Å²) < 4.78 is 52.3. The Morgan fingerprint density at radius 2 is 1.89 bits per heavy atom. The lowest BCUT2D eigenvalue weighted by Gasteiger charge is -2.29. The molecular weight excluding hydrogens is 362 g/mol. The molecule has 1 aliphatic heterocycles. The molecule has 0 radical (unpaired) electrons. The van der Waals surface area contributed by atoms with Crippen LogP contribution in [0.1, 0.15) is 49.0 Å². The molecule has 146 valence electrons. The van der Waals surface area contributed by atoms with Gasteiger partial charge in [-0.15, -0.1) is 0 Å². The molecule has 1 aromatic carbocycles. The maximum absolute atomic E-state index is 13.6. The molecule has 3 rings (SSSR count). The van der Waals surface area contributed by atoms with Crippen LogP contribution in [0.3, 0.4) is 0 Å². The van der Waals surface area contributed by atoms with Crippen LogP contribution in [0.15, 0.2) is 23.0 Å². The average molecular weight is 383 g/mol. The van der Waals surface area contributed by atoms with Crippen molar-refractivity contribution in [3.05, 3.63) is 62.6 Å². The summed E-state index contributed by atoms with van der Waals surface area (Å²) in [5, 5.41) is 0. The number of nitrogens with one attached hydrogen (secondary N) is 1. The van der Waals surface area contributed by atoms with E-state index in [0.29, 0.717) is 42.7 Å². The van der Waals surface area contributed by atoms with Crippen LogP contribution in [-0.4, -0.2) is 21.4 Å². The predicted octanol–water partition coefficient (Wildman–Crippen LogP) is 3.78. The van der Waals surface area contributed by atoms with Crippen LogP contribution < -0.4 is 5.56 Å². The summed E-state index contributed by atoms with van der Waals surface area (Å²) in [6.45, 7) is 6.78. The summed E-state index contributed by atoms with van der Waals surface area (Å²) in [7, 11) is 0. The van der Waals surface area contributed by atoms with E-state index in [1.54, 1.807) is 0 Å². The molecule has 0 aliphatic carbocycles. The number of H-pyrrole nitrogens is 1. The minimum Gasteiger partial charge on any atom is -0.310 e. The third kappa shape index (κ3) is 4.37. The lowest BCUT2D eigenvalue weighted by Crippen LogP contribution is -2.36. The number of fused-ring (bicyclic) bond motifs is 1. The lowest BCUT2D eigenvalue weighted by molar-refractivity contribution is -0.137. The molecule has 2 heterocycles. The Balaban J connectivity index is 1.86. The number of rotatable bonds is 2. The third-order valence-electron chi connectivity index (χ3n) is 4.55. The van der Waals surface area contributed by atoms with Gasteiger partial charge in [0.25, 0.3) is 5.56 Å². The van der Waals surface area contributed by atoms with Crippen molar-refractivity contribution in [1.29, 1.82) is 0 Å². The number of nitrogens with zero attached hydrogens (tertiary/aromatic N) is 2. The predicted molar refractivity (Wildman–Crippen MR) is 92.8 cm³/mol. The first kappa shape index (κ1) is 19.5. The minimum atomic E-state index is -4.60. The van der Waals surface area contributed by atoms with Crippen LogP contribution in [0.4, 0.5) is 17.6 Å². The molecule has 0 unspecified atom stereocenters. The van der Waals surface area contributed by atoms with Crippen LogP contribution >= 0.6 is 0 Å². The molecule has 1 aromatic heterocycles. The van der Waals surface area contributed by atoms with Gasteiger partial charge < -0.3 is 4.98 Å². The first-order valence-corrected chi connectivity index (χ1v) is 8.65. The Bertz CT molecular complexity index is 913. The Morgan fingerprint density at radius 3 is 2.52 bits per heavy atom. The summed E-state index contributed by atoms with van der Waals surface area (Å²) in [4.78, 5) is 21.6. The van der Waals surface area contributed by atoms with Gasteiger partial charge in [0.2, 0.25) is 0 Å². The smallest absolute Gasteiger partial charge is 0.310 e. The number of alkyl halides is 3. The van der Waals surface area contributed by atoms with Crippen molar-refractivity contribution in [3.8, 4) is 0 Å². The Labute approximate surface area is 154 Å². The topological polar surface area (TPSA) is 49.0 Å². The van der Waals surface area contributed by atoms with Gasteiger partial charge in [0, 0.05) is 30.6 Å². The summed E-state index contributed by atoms with van der Waals surface area (Å²) >= 11 is 0. The molecule has 0 bridgehead atoms. The molecule has 0 saturated heterocycles. The maximum Gasteiger partial charge on any atom is 0.416 e. The molecule has 1 N–H and O–H groups in total. The monoisotopic (exact) mass is 383 g/mol. The largest absolute Gasteiger partial charge is 0.416 e. The SMILES string of the molecule is CC(C)(C)c1nc2c(c(=O)[nH]1)CCN(Cc1cc(F)cc(C(F)(F)F)c1)C2. The number of hydrogen-bond donors (Lipinski definition) is 1. The highest BCUT2D eigenvalue weighted by molar-refractivity contribution is 5.28. The van der Waals surface area contributed by atoms with Gasteiger partial charge in [0.1, 0.15) is 11.6 Å². The average Bonchev–Trinajstić information content (AvgIpc) is 2.52. The van der Waals surface area contributed by atoms with E-state index in [4.69, 9.17) is 0 Å². The molecule has 4 nitrogen and oxygen atoms in total. The van der Waals surface area contributed by atoms with Crippen molar-refractivity contribution in [1.82, 2.24) is 14.9 Å². The van der Waals surface area contributed by atoms with Crippen LogP contribution in [-0.2, 0) is 31.1 Å². The van der Waals surface area contributed by atoms with Crippen LogP contribution in [0.5, 0.6) is 0 Å². The molecule has 0 amide bonds. The van der Waals surface area contributed by atoms with Gasteiger partial charge in [-0.3, -0.25) is 9.69 Å². The van der Waals surface area contributed by atoms with Crippen molar-refractivity contribution < 1.29 is 17.6 Å². The summed E-state index contributed by atoms with van der Waals surface area (Å²) in [6, 6.07) is 2.56. The van der Waals surface area contributed by atoms with Crippen LogP contribution in [0, 0.1) is 5.82 Å². The van der Waals surface area contributed by atoms with E-state index in [2.05, 4.69) is 9.97 Å². The number of hydrogen-bond acceptors (Lipinski definition) is 3. The zero-order chi connectivity index (χ0) is 20.0. The summed E-state index contributed by atoms with van der Waals surface area (Å²) in [5.74, 6) is -0.347. The Morgan fingerprint density at radius 1 is 1.19 bits per heavy atom. The van der Waals surface area contributed by atoms with Gasteiger partial charge in [-0.25, -0.2) is 9.37 Å². The van der Waals surface area contributed by atoms with Crippen molar-refractivity contribution in [3.63, 3.8) is 0 Å².